The van der Waals surface area contributed by atoms with Crippen molar-refractivity contribution in [2.45, 2.75) is 6.54 Å². The molecule has 0 bridgehead atoms. The van der Waals surface area contributed by atoms with Crippen LogP contribution in [0.5, 0.6) is 0 Å². The zero-order valence-electron chi connectivity index (χ0n) is 11.6. The van der Waals surface area contributed by atoms with Crippen molar-refractivity contribution >= 4 is 17.4 Å². The minimum Gasteiger partial charge on any atom is -0.353 e. The molecule has 1 aromatic carbocycles. The van der Waals surface area contributed by atoms with Crippen LogP contribution in [0.3, 0.4) is 0 Å². The van der Waals surface area contributed by atoms with Gasteiger partial charge in [-0.2, -0.15) is 0 Å². The Morgan fingerprint density at radius 3 is 2.57 bits per heavy atom. The fourth-order valence-electron chi connectivity index (χ4n) is 2.55. The first-order valence-electron chi connectivity index (χ1n) is 6.98. The molecule has 1 N–H and O–H groups in total. The summed E-state index contributed by atoms with van der Waals surface area (Å²) in [7, 11) is 0. The van der Waals surface area contributed by atoms with Crippen molar-refractivity contribution in [1.82, 2.24) is 14.9 Å². The van der Waals surface area contributed by atoms with E-state index in [9.17, 15) is 4.79 Å². The fourth-order valence-corrected chi connectivity index (χ4v) is 2.78. The topological polar surface area (TPSA) is 52.2 Å². The maximum Gasteiger partial charge on any atom is 0.271 e. The lowest BCUT2D eigenvalue weighted by atomic mass is 10.2. The van der Waals surface area contributed by atoms with Crippen molar-refractivity contribution in [2.24, 2.45) is 0 Å². The number of benzene rings is 1. The molecule has 6 heteroatoms. The molecule has 1 fully saturated rings. The SMILES string of the molecule is O=c1[nH]cnc(N2CCN(Cc3ccccc3)CC2)c1Cl. The maximum atomic E-state index is 11.5. The number of nitrogens with one attached hydrogen (secondary N) is 1. The van der Waals surface area contributed by atoms with Crippen molar-refractivity contribution in [3.05, 3.63) is 57.6 Å². The molecule has 0 radical (unpaired) electrons. The van der Waals surface area contributed by atoms with E-state index in [0.29, 0.717) is 5.82 Å². The molecule has 1 aliphatic rings. The van der Waals surface area contributed by atoms with Gasteiger partial charge in [-0.05, 0) is 5.56 Å². The highest BCUT2D eigenvalue weighted by Gasteiger charge is 2.20. The second kappa shape index (κ2) is 6.28. The Labute approximate surface area is 128 Å². The highest BCUT2D eigenvalue weighted by atomic mass is 35.5. The van der Waals surface area contributed by atoms with E-state index >= 15 is 0 Å². The van der Waals surface area contributed by atoms with Crippen LogP contribution < -0.4 is 10.5 Å². The number of nitrogens with zero attached hydrogens (tertiary/aromatic N) is 3. The Hall–Kier alpha value is -1.85. The van der Waals surface area contributed by atoms with Crippen molar-refractivity contribution in [1.29, 1.82) is 0 Å². The lowest BCUT2D eigenvalue weighted by Crippen LogP contribution is -2.46. The summed E-state index contributed by atoms with van der Waals surface area (Å²) in [4.78, 5) is 22.7. The van der Waals surface area contributed by atoms with Gasteiger partial charge in [0.25, 0.3) is 5.56 Å². The van der Waals surface area contributed by atoms with Crippen LogP contribution in [0.1, 0.15) is 5.56 Å². The monoisotopic (exact) mass is 304 g/mol. The van der Waals surface area contributed by atoms with Crippen LogP contribution in [0.25, 0.3) is 0 Å². The minimum absolute atomic E-state index is 0.175. The molecule has 0 aliphatic carbocycles. The van der Waals surface area contributed by atoms with E-state index in [1.807, 2.05) is 6.07 Å². The Morgan fingerprint density at radius 1 is 1.14 bits per heavy atom. The molecule has 0 unspecified atom stereocenters. The molecule has 1 saturated heterocycles. The molecule has 2 heterocycles. The molecule has 0 saturated carbocycles. The normalized spacial score (nSPS) is 16.1. The molecular weight excluding hydrogens is 288 g/mol. The Bertz CT molecular complexity index is 650. The number of aromatic nitrogens is 2. The van der Waals surface area contributed by atoms with Gasteiger partial charge in [-0.15, -0.1) is 0 Å². The Morgan fingerprint density at radius 2 is 1.86 bits per heavy atom. The van der Waals surface area contributed by atoms with E-state index < -0.39 is 0 Å². The fraction of sp³-hybridized carbons (Fsp3) is 0.333. The van der Waals surface area contributed by atoms with Crippen molar-refractivity contribution < 1.29 is 0 Å². The van der Waals surface area contributed by atoms with E-state index in [1.54, 1.807) is 0 Å². The second-order valence-electron chi connectivity index (χ2n) is 5.12. The van der Waals surface area contributed by atoms with Gasteiger partial charge in [0.05, 0.1) is 6.33 Å². The molecular formula is C15H17ClN4O. The van der Waals surface area contributed by atoms with Gasteiger partial charge in [-0.25, -0.2) is 4.98 Å². The average molecular weight is 305 g/mol. The minimum atomic E-state index is -0.284. The van der Waals surface area contributed by atoms with Crippen LogP contribution in [0, 0.1) is 0 Å². The third-order valence-electron chi connectivity index (χ3n) is 3.70. The molecule has 5 nitrogen and oxygen atoms in total. The van der Waals surface area contributed by atoms with Gasteiger partial charge < -0.3 is 9.88 Å². The summed E-state index contributed by atoms with van der Waals surface area (Å²) in [5.41, 5.74) is 1.03. The summed E-state index contributed by atoms with van der Waals surface area (Å²) >= 11 is 6.03. The van der Waals surface area contributed by atoms with Gasteiger partial charge in [0, 0.05) is 32.7 Å². The number of rotatable bonds is 3. The number of piperazine rings is 1. The van der Waals surface area contributed by atoms with Crippen molar-refractivity contribution in [3.8, 4) is 0 Å². The predicted molar refractivity (Wildman–Crippen MR) is 83.8 cm³/mol. The summed E-state index contributed by atoms with van der Waals surface area (Å²) in [5.74, 6) is 0.583. The van der Waals surface area contributed by atoms with Crippen LogP contribution in [0.15, 0.2) is 41.5 Å². The number of aromatic amines is 1. The molecule has 1 aliphatic heterocycles. The van der Waals surface area contributed by atoms with Gasteiger partial charge in [0.2, 0.25) is 0 Å². The molecule has 2 aromatic rings. The van der Waals surface area contributed by atoms with Gasteiger partial charge in [0.15, 0.2) is 5.82 Å². The summed E-state index contributed by atoms with van der Waals surface area (Å²) in [6, 6.07) is 10.4. The smallest absolute Gasteiger partial charge is 0.271 e. The quantitative estimate of drug-likeness (QED) is 0.938. The van der Waals surface area contributed by atoms with E-state index in [-0.39, 0.29) is 10.6 Å². The number of halogens is 1. The summed E-state index contributed by atoms with van der Waals surface area (Å²) in [5, 5.41) is 0.175. The highest BCUT2D eigenvalue weighted by Crippen LogP contribution is 2.20. The summed E-state index contributed by atoms with van der Waals surface area (Å²) < 4.78 is 0. The number of anilines is 1. The first-order valence-corrected chi connectivity index (χ1v) is 7.36. The molecule has 21 heavy (non-hydrogen) atoms. The van der Waals surface area contributed by atoms with Crippen LogP contribution >= 0.6 is 11.6 Å². The zero-order chi connectivity index (χ0) is 14.7. The predicted octanol–water partition coefficient (Wildman–Crippen LogP) is 1.75. The highest BCUT2D eigenvalue weighted by molar-refractivity contribution is 6.32. The molecule has 0 atom stereocenters. The summed E-state index contributed by atoms with van der Waals surface area (Å²) in [6.07, 6.45) is 1.40. The number of hydrogen-bond acceptors (Lipinski definition) is 4. The van der Waals surface area contributed by atoms with Crippen molar-refractivity contribution in [3.63, 3.8) is 0 Å². The lowest BCUT2D eigenvalue weighted by Gasteiger charge is -2.35. The maximum absolute atomic E-state index is 11.5. The van der Waals surface area contributed by atoms with Crippen molar-refractivity contribution in [2.75, 3.05) is 31.1 Å². The van der Waals surface area contributed by atoms with Gasteiger partial charge >= 0.3 is 0 Å². The van der Waals surface area contributed by atoms with Gasteiger partial charge in [-0.1, -0.05) is 41.9 Å². The standard InChI is InChI=1S/C15H17ClN4O/c16-13-14(17-11-18-15(13)21)20-8-6-19(7-9-20)10-12-4-2-1-3-5-12/h1-5,11H,6-10H2,(H,17,18,21). The van der Waals surface area contributed by atoms with Gasteiger partial charge in [0.1, 0.15) is 5.02 Å². The third-order valence-corrected chi connectivity index (χ3v) is 4.04. The Kier molecular flexibility index (Phi) is 4.22. The molecule has 1 aromatic heterocycles. The molecule has 110 valence electrons. The first kappa shape index (κ1) is 14.1. The average Bonchev–Trinajstić information content (AvgIpc) is 2.52. The largest absolute Gasteiger partial charge is 0.353 e. The number of hydrogen-bond donors (Lipinski definition) is 1. The van der Waals surface area contributed by atoms with E-state index in [4.69, 9.17) is 11.6 Å². The van der Waals surface area contributed by atoms with E-state index in [1.165, 1.54) is 11.9 Å². The van der Waals surface area contributed by atoms with Crippen LogP contribution in [0.4, 0.5) is 5.82 Å². The summed E-state index contributed by atoms with van der Waals surface area (Å²) in [6.45, 7) is 4.45. The molecule has 3 rings (SSSR count). The Balaban J connectivity index is 1.63. The first-order chi connectivity index (χ1) is 10.2. The molecule has 0 spiro atoms. The van der Waals surface area contributed by atoms with Crippen LogP contribution in [0.2, 0.25) is 5.02 Å². The zero-order valence-corrected chi connectivity index (χ0v) is 12.4. The third kappa shape index (κ3) is 3.25. The number of H-pyrrole nitrogens is 1. The lowest BCUT2D eigenvalue weighted by molar-refractivity contribution is 0.249. The van der Waals surface area contributed by atoms with E-state index in [0.717, 1.165) is 32.7 Å². The van der Waals surface area contributed by atoms with E-state index in [2.05, 4.69) is 44.0 Å². The second-order valence-corrected chi connectivity index (χ2v) is 5.50. The van der Waals surface area contributed by atoms with Crippen LogP contribution in [-0.2, 0) is 6.54 Å². The van der Waals surface area contributed by atoms with Gasteiger partial charge in [-0.3, -0.25) is 9.69 Å². The molecule has 0 amide bonds. The van der Waals surface area contributed by atoms with Crippen LogP contribution in [-0.4, -0.2) is 41.0 Å².